The van der Waals surface area contributed by atoms with Crippen LogP contribution >= 0.6 is 0 Å². The summed E-state index contributed by atoms with van der Waals surface area (Å²) in [5.74, 6) is -0.666. The molecule has 1 heterocycles. The van der Waals surface area contributed by atoms with Gasteiger partial charge in [0.1, 0.15) is 16.7 Å². The van der Waals surface area contributed by atoms with Crippen molar-refractivity contribution >= 4 is 27.9 Å². The van der Waals surface area contributed by atoms with Crippen molar-refractivity contribution in [1.29, 1.82) is 0 Å². The van der Waals surface area contributed by atoms with Gasteiger partial charge in [0.25, 0.3) is 0 Å². The Kier molecular flexibility index (Phi) is 3.69. The summed E-state index contributed by atoms with van der Waals surface area (Å²) in [4.78, 5) is 24.5. The number of phenols is 1. The minimum absolute atomic E-state index is 0.0127. The summed E-state index contributed by atoms with van der Waals surface area (Å²) in [5.41, 5.74) is 1.08. The van der Waals surface area contributed by atoms with Crippen LogP contribution in [-0.4, -0.2) is 11.1 Å². The molecular formula is C21H14O5. The molecule has 5 heteroatoms. The molecule has 0 aliphatic rings. The summed E-state index contributed by atoms with van der Waals surface area (Å²) >= 11 is 0. The largest absolute Gasteiger partial charge is 0.506 e. The molecule has 3 aromatic carbocycles. The summed E-state index contributed by atoms with van der Waals surface area (Å²) in [6, 6.07) is 17.3. The molecule has 4 rings (SSSR count). The number of ether oxygens (including phenoxy) is 1. The number of phenolic OH excluding ortho intramolecular Hbond substituents is 1. The van der Waals surface area contributed by atoms with Crippen LogP contribution in [0.3, 0.4) is 0 Å². The quantitative estimate of drug-likeness (QED) is 0.334. The molecule has 0 unspecified atom stereocenters. The molecule has 0 aliphatic carbocycles. The van der Waals surface area contributed by atoms with E-state index in [9.17, 15) is 14.7 Å². The Bertz CT molecular complexity index is 1210. The third kappa shape index (κ3) is 2.50. The number of carbonyl (C=O) groups excluding carboxylic acids is 1. The van der Waals surface area contributed by atoms with Gasteiger partial charge in [-0.05, 0) is 23.8 Å². The zero-order valence-electron chi connectivity index (χ0n) is 13.9. The molecule has 0 radical (unpaired) electrons. The topological polar surface area (TPSA) is 76.7 Å². The molecule has 0 atom stereocenters. The van der Waals surface area contributed by atoms with E-state index >= 15 is 0 Å². The number of aromatic hydroxyl groups is 1. The molecule has 1 N–H and O–H groups in total. The minimum Gasteiger partial charge on any atom is -0.506 e. The van der Waals surface area contributed by atoms with Gasteiger partial charge in [0.2, 0.25) is 5.43 Å². The fourth-order valence-electron chi connectivity index (χ4n) is 3.00. The number of esters is 1. The highest BCUT2D eigenvalue weighted by molar-refractivity contribution is 6.01. The Morgan fingerprint density at radius 2 is 1.73 bits per heavy atom. The van der Waals surface area contributed by atoms with Gasteiger partial charge in [-0.1, -0.05) is 42.5 Å². The summed E-state index contributed by atoms with van der Waals surface area (Å²) in [7, 11) is 0. The first-order valence-corrected chi connectivity index (χ1v) is 8.01. The Morgan fingerprint density at radius 3 is 2.46 bits per heavy atom. The molecule has 0 aliphatic heterocycles. The molecular weight excluding hydrogens is 332 g/mol. The van der Waals surface area contributed by atoms with E-state index in [1.54, 1.807) is 36.4 Å². The first-order chi connectivity index (χ1) is 12.6. The third-order valence-corrected chi connectivity index (χ3v) is 4.13. The number of hydrogen-bond donors (Lipinski definition) is 1. The van der Waals surface area contributed by atoms with Gasteiger partial charge < -0.3 is 14.3 Å². The number of fused-ring (bicyclic) bond motifs is 2. The van der Waals surface area contributed by atoms with E-state index in [0.29, 0.717) is 22.1 Å². The van der Waals surface area contributed by atoms with Gasteiger partial charge >= 0.3 is 5.97 Å². The van der Waals surface area contributed by atoms with Crippen LogP contribution < -0.4 is 10.2 Å². The smallest absolute Gasteiger partial charge is 0.308 e. The number of carbonyl (C=O) groups is 1. The van der Waals surface area contributed by atoms with Crippen LogP contribution in [0.15, 0.2) is 69.9 Å². The first-order valence-electron chi connectivity index (χ1n) is 8.01. The van der Waals surface area contributed by atoms with Crippen molar-refractivity contribution in [2.75, 3.05) is 0 Å². The van der Waals surface area contributed by atoms with Gasteiger partial charge in [0.05, 0.1) is 5.39 Å². The highest BCUT2D eigenvalue weighted by Crippen LogP contribution is 2.41. The van der Waals surface area contributed by atoms with Crippen LogP contribution in [0, 0.1) is 0 Å². The zero-order chi connectivity index (χ0) is 18.3. The number of rotatable bonds is 2. The molecule has 0 spiro atoms. The van der Waals surface area contributed by atoms with Crippen molar-refractivity contribution in [3.63, 3.8) is 0 Å². The fourth-order valence-corrected chi connectivity index (χ4v) is 3.00. The molecule has 0 amide bonds. The van der Waals surface area contributed by atoms with Crippen molar-refractivity contribution in [1.82, 2.24) is 0 Å². The highest BCUT2D eigenvalue weighted by Gasteiger charge is 2.21. The van der Waals surface area contributed by atoms with Crippen LogP contribution in [0.2, 0.25) is 0 Å². The molecule has 0 saturated carbocycles. The van der Waals surface area contributed by atoms with Crippen LogP contribution in [0.1, 0.15) is 6.92 Å². The van der Waals surface area contributed by atoms with E-state index in [1.165, 1.54) is 13.0 Å². The molecule has 26 heavy (non-hydrogen) atoms. The van der Waals surface area contributed by atoms with Crippen LogP contribution in [0.25, 0.3) is 33.1 Å². The van der Waals surface area contributed by atoms with Crippen LogP contribution in [0.4, 0.5) is 0 Å². The highest BCUT2D eigenvalue weighted by atomic mass is 16.5. The van der Waals surface area contributed by atoms with E-state index in [0.717, 1.165) is 0 Å². The zero-order valence-corrected chi connectivity index (χ0v) is 13.9. The Hall–Kier alpha value is -3.60. The molecule has 0 saturated heterocycles. The average molecular weight is 346 g/mol. The lowest BCUT2D eigenvalue weighted by Gasteiger charge is -2.12. The van der Waals surface area contributed by atoms with Crippen LogP contribution in [0.5, 0.6) is 11.5 Å². The Balaban J connectivity index is 2.17. The maximum atomic E-state index is 13.0. The number of para-hydroxylation sites is 1. The first kappa shape index (κ1) is 15.9. The molecule has 0 fully saturated rings. The lowest BCUT2D eigenvalue weighted by molar-refractivity contribution is -0.131. The lowest BCUT2D eigenvalue weighted by Crippen LogP contribution is -2.07. The Labute approximate surface area is 148 Å². The van der Waals surface area contributed by atoms with E-state index in [2.05, 4.69) is 0 Å². The molecule has 128 valence electrons. The maximum Gasteiger partial charge on any atom is 0.308 e. The predicted octanol–water partition coefficient (Wildman–Crippen LogP) is 4.24. The molecule has 1 aromatic heterocycles. The SMILES string of the molecule is CC(=O)Oc1cc(-c2ccccc2)c(O)c2c(=O)c3ccccc3oc12. The summed E-state index contributed by atoms with van der Waals surface area (Å²) in [6.07, 6.45) is 0. The second-order valence-corrected chi connectivity index (χ2v) is 5.86. The van der Waals surface area contributed by atoms with Crippen molar-refractivity contribution < 1.29 is 19.1 Å². The fraction of sp³-hybridized carbons (Fsp3) is 0.0476. The lowest BCUT2D eigenvalue weighted by atomic mass is 10.0. The van der Waals surface area contributed by atoms with E-state index in [1.807, 2.05) is 18.2 Å². The van der Waals surface area contributed by atoms with Gasteiger partial charge in [-0.15, -0.1) is 0 Å². The Morgan fingerprint density at radius 1 is 1.04 bits per heavy atom. The summed E-state index contributed by atoms with van der Waals surface area (Å²) in [5, 5.41) is 11.1. The van der Waals surface area contributed by atoms with Crippen molar-refractivity contribution in [3.8, 4) is 22.6 Å². The third-order valence-electron chi connectivity index (χ3n) is 4.13. The molecule has 4 aromatic rings. The van der Waals surface area contributed by atoms with E-state index in [-0.39, 0.29) is 27.9 Å². The van der Waals surface area contributed by atoms with Gasteiger partial charge in [-0.25, -0.2) is 0 Å². The maximum absolute atomic E-state index is 13.0. The van der Waals surface area contributed by atoms with Crippen LogP contribution in [-0.2, 0) is 4.79 Å². The standard InChI is InChI=1S/C21H14O5/c1-12(22)25-17-11-15(13-7-3-2-4-8-13)20(24)18-19(23)14-9-5-6-10-16(14)26-21(17)18/h2-11,24H,1H3. The minimum atomic E-state index is -0.549. The van der Waals surface area contributed by atoms with Gasteiger partial charge in [-0.3, -0.25) is 9.59 Å². The van der Waals surface area contributed by atoms with Gasteiger partial charge in [0.15, 0.2) is 11.3 Å². The van der Waals surface area contributed by atoms with Gasteiger partial charge in [0, 0.05) is 12.5 Å². The van der Waals surface area contributed by atoms with E-state index < -0.39 is 5.97 Å². The summed E-state index contributed by atoms with van der Waals surface area (Å²) in [6.45, 7) is 1.26. The molecule has 0 bridgehead atoms. The second-order valence-electron chi connectivity index (χ2n) is 5.86. The van der Waals surface area contributed by atoms with Gasteiger partial charge in [-0.2, -0.15) is 0 Å². The predicted molar refractivity (Wildman–Crippen MR) is 98.4 cm³/mol. The normalized spacial score (nSPS) is 11.0. The molecule has 5 nitrogen and oxygen atoms in total. The number of benzene rings is 3. The van der Waals surface area contributed by atoms with Crippen molar-refractivity contribution in [2.24, 2.45) is 0 Å². The second kappa shape index (κ2) is 6.04. The average Bonchev–Trinajstić information content (AvgIpc) is 2.64. The van der Waals surface area contributed by atoms with Crippen molar-refractivity contribution in [2.45, 2.75) is 6.92 Å². The number of hydrogen-bond acceptors (Lipinski definition) is 5. The van der Waals surface area contributed by atoms with E-state index in [4.69, 9.17) is 9.15 Å². The summed E-state index contributed by atoms with van der Waals surface area (Å²) < 4.78 is 11.1. The monoisotopic (exact) mass is 346 g/mol. The van der Waals surface area contributed by atoms with Crippen molar-refractivity contribution in [3.05, 3.63) is 70.9 Å².